The molecule has 0 radical (unpaired) electrons. The third-order valence-electron chi connectivity index (χ3n) is 4.12. The Balaban J connectivity index is 2.81. The van der Waals surface area contributed by atoms with Crippen LogP contribution in [0.5, 0.6) is 5.75 Å². The molecule has 0 spiro atoms. The minimum Gasteiger partial charge on any atom is -0.506 e. The Hall–Kier alpha value is -2.20. The molecule has 1 heterocycles. The molecule has 25 heavy (non-hydrogen) atoms. The number of pyridine rings is 1. The topological polar surface area (TPSA) is 59.4 Å². The lowest BCUT2D eigenvalue weighted by Gasteiger charge is -2.18. The van der Waals surface area contributed by atoms with Gasteiger partial charge in [-0.25, -0.2) is 0 Å². The van der Waals surface area contributed by atoms with E-state index in [0.29, 0.717) is 12.1 Å². The number of aromatic hydroxyl groups is 1. The van der Waals surface area contributed by atoms with Crippen molar-refractivity contribution in [3.05, 3.63) is 60.5 Å². The quantitative estimate of drug-likeness (QED) is 0.493. The van der Waals surface area contributed by atoms with Crippen LogP contribution >= 0.6 is 0 Å². The first-order valence-electron chi connectivity index (χ1n) is 8.51. The standard InChI is InChI=1S/C21H29NO3/c1-6-7-8-17(13-14-21(3,4)25-5)9-12-20(24)16(2)19-11-10-18(23)15-22-19/h6,9-11,13-16,23H,1,7-8,12H2,2-5H3/b14-13-,17-9-. The lowest BCUT2D eigenvalue weighted by molar-refractivity contribution is -0.119. The van der Waals surface area contributed by atoms with E-state index in [1.54, 1.807) is 19.2 Å². The van der Waals surface area contributed by atoms with Crippen LogP contribution < -0.4 is 0 Å². The van der Waals surface area contributed by atoms with Crippen molar-refractivity contribution in [3.8, 4) is 5.75 Å². The third-order valence-corrected chi connectivity index (χ3v) is 4.12. The second kappa shape index (κ2) is 9.94. The summed E-state index contributed by atoms with van der Waals surface area (Å²) in [5.74, 6) is -0.119. The Morgan fingerprint density at radius 2 is 2.16 bits per heavy atom. The molecule has 1 N–H and O–H groups in total. The van der Waals surface area contributed by atoms with Crippen molar-refractivity contribution in [2.24, 2.45) is 0 Å². The largest absolute Gasteiger partial charge is 0.506 e. The number of hydrogen-bond acceptors (Lipinski definition) is 4. The van der Waals surface area contributed by atoms with Crippen LogP contribution in [-0.4, -0.2) is 28.6 Å². The molecule has 0 bridgehead atoms. The summed E-state index contributed by atoms with van der Waals surface area (Å²) < 4.78 is 5.39. The maximum Gasteiger partial charge on any atom is 0.145 e. The molecule has 0 saturated carbocycles. The molecular formula is C21H29NO3. The van der Waals surface area contributed by atoms with Gasteiger partial charge in [-0.3, -0.25) is 9.78 Å². The summed E-state index contributed by atoms with van der Waals surface area (Å²) in [5, 5.41) is 9.30. The van der Waals surface area contributed by atoms with E-state index in [0.717, 1.165) is 18.4 Å². The van der Waals surface area contributed by atoms with Crippen LogP contribution in [0.3, 0.4) is 0 Å². The highest BCUT2D eigenvalue weighted by Crippen LogP contribution is 2.20. The normalized spacial score (nSPS) is 13.8. The minimum atomic E-state index is -0.347. The van der Waals surface area contributed by atoms with Crippen molar-refractivity contribution in [2.45, 2.75) is 51.6 Å². The molecule has 0 aliphatic heterocycles. The number of Topliss-reactive ketones (excluding diaryl/α,β-unsaturated/α-hetero) is 1. The van der Waals surface area contributed by atoms with Gasteiger partial charge < -0.3 is 9.84 Å². The molecule has 0 aliphatic carbocycles. The molecule has 1 aromatic rings. The zero-order valence-electron chi connectivity index (χ0n) is 15.7. The summed E-state index contributed by atoms with van der Waals surface area (Å²) in [6.07, 6.45) is 11.2. The van der Waals surface area contributed by atoms with E-state index in [1.165, 1.54) is 6.20 Å². The van der Waals surface area contributed by atoms with E-state index in [9.17, 15) is 9.90 Å². The van der Waals surface area contributed by atoms with Crippen LogP contribution in [0.25, 0.3) is 0 Å². The number of rotatable bonds is 10. The van der Waals surface area contributed by atoms with Crippen LogP contribution in [0.1, 0.15) is 51.6 Å². The molecule has 0 saturated heterocycles. The molecule has 1 rings (SSSR count). The first-order chi connectivity index (χ1) is 11.8. The van der Waals surface area contributed by atoms with Crippen molar-refractivity contribution < 1.29 is 14.6 Å². The highest BCUT2D eigenvalue weighted by atomic mass is 16.5. The van der Waals surface area contributed by atoms with E-state index in [2.05, 4.69) is 11.6 Å². The lowest BCUT2D eigenvalue weighted by atomic mass is 9.97. The van der Waals surface area contributed by atoms with Gasteiger partial charge in [-0.15, -0.1) is 6.58 Å². The second-order valence-electron chi connectivity index (χ2n) is 6.58. The highest BCUT2D eigenvalue weighted by Gasteiger charge is 2.16. The molecule has 0 aliphatic rings. The van der Waals surface area contributed by atoms with E-state index in [1.807, 2.05) is 45.1 Å². The van der Waals surface area contributed by atoms with Gasteiger partial charge in [-0.05, 0) is 45.7 Å². The number of nitrogens with zero attached hydrogens (tertiary/aromatic N) is 1. The third kappa shape index (κ3) is 7.48. The number of methoxy groups -OCH3 is 1. The van der Waals surface area contributed by atoms with Gasteiger partial charge in [0.05, 0.1) is 23.4 Å². The highest BCUT2D eigenvalue weighted by molar-refractivity contribution is 5.86. The molecule has 1 atom stereocenters. The number of ether oxygens (including phenoxy) is 1. The number of carbonyl (C=O) groups excluding carboxylic acids is 1. The predicted molar refractivity (Wildman–Crippen MR) is 102 cm³/mol. The summed E-state index contributed by atoms with van der Waals surface area (Å²) >= 11 is 0. The van der Waals surface area contributed by atoms with Gasteiger partial charge in [0.1, 0.15) is 11.5 Å². The monoisotopic (exact) mass is 343 g/mol. The first-order valence-corrected chi connectivity index (χ1v) is 8.51. The van der Waals surface area contributed by atoms with Gasteiger partial charge in [0, 0.05) is 13.5 Å². The molecule has 4 heteroatoms. The van der Waals surface area contributed by atoms with Gasteiger partial charge in [-0.1, -0.05) is 29.9 Å². The minimum absolute atomic E-state index is 0.0914. The number of allylic oxidation sites excluding steroid dienone is 4. The number of carbonyl (C=O) groups is 1. The summed E-state index contributed by atoms with van der Waals surface area (Å²) in [4.78, 5) is 16.6. The van der Waals surface area contributed by atoms with Crippen LogP contribution in [-0.2, 0) is 9.53 Å². The summed E-state index contributed by atoms with van der Waals surface area (Å²) in [6.45, 7) is 9.56. The van der Waals surface area contributed by atoms with Gasteiger partial charge in [-0.2, -0.15) is 0 Å². The van der Waals surface area contributed by atoms with E-state index < -0.39 is 0 Å². The van der Waals surface area contributed by atoms with Gasteiger partial charge in [0.15, 0.2) is 0 Å². The Morgan fingerprint density at radius 1 is 1.44 bits per heavy atom. The first kappa shape index (κ1) is 20.8. The summed E-state index contributed by atoms with van der Waals surface area (Å²) in [7, 11) is 1.67. The van der Waals surface area contributed by atoms with Gasteiger partial charge in [0.2, 0.25) is 0 Å². The van der Waals surface area contributed by atoms with Crippen molar-refractivity contribution in [2.75, 3.05) is 7.11 Å². The van der Waals surface area contributed by atoms with Crippen molar-refractivity contribution >= 4 is 5.78 Å². The van der Waals surface area contributed by atoms with Crippen molar-refractivity contribution in [3.63, 3.8) is 0 Å². The molecule has 136 valence electrons. The predicted octanol–water partition coefficient (Wildman–Crippen LogP) is 4.72. The average molecular weight is 343 g/mol. The Bertz CT molecular complexity index is 627. The average Bonchev–Trinajstić information content (AvgIpc) is 2.60. The molecule has 0 aromatic carbocycles. The summed E-state index contributed by atoms with van der Waals surface area (Å²) in [6, 6.07) is 3.23. The fraction of sp³-hybridized carbons (Fsp3) is 0.429. The summed E-state index contributed by atoms with van der Waals surface area (Å²) in [5.41, 5.74) is 1.41. The Morgan fingerprint density at radius 3 is 2.72 bits per heavy atom. The van der Waals surface area contributed by atoms with Crippen LogP contribution in [0.2, 0.25) is 0 Å². The zero-order valence-corrected chi connectivity index (χ0v) is 15.7. The van der Waals surface area contributed by atoms with Crippen molar-refractivity contribution in [1.29, 1.82) is 0 Å². The number of ketones is 1. The molecule has 4 nitrogen and oxygen atoms in total. The Labute approximate surface area is 150 Å². The fourth-order valence-electron chi connectivity index (χ4n) is 2.12. The molecule has 1 unspecified atom stereocenters. The lowest BCUT2D eigenvalue weighted by Crippen LogP contribution is -2.18. The van der Waals surface area contributed by atoms with Gasteiger partial charge >= 0.3 is 0 Å². The number of hydrogen-bond donors (Lipinski definition) is 1. The van der Waals surface area contributed by atoms with Crippen LogP contribution in [0, 0.1) is 0 Å². The maximum atomic E-state index is 12.4. The smallest absolute Gasteiger partial charge is 0.145 e. The second-order valence-corrected chi connectivity index (χ2v) is 6.58. The van der Waals surface area contributed by atoms with Crippen LogP contribution in [0.4, 0.5) is 0 Å². The molecule has 0 fully saturated rings. The van der Waals surface area contributed by atoms with Crippen LogP contribution in [0.15, 0.2) is 54.8 Å². The van der Waals surface area contributed by atoms with Gasteiger partial charge in [0.25, 0.3) is 0 Å². The van der Waals surface area contributed by atoms with E-state index in [-0.39, 0.29) is 23.1 Å². The van der Waals surface area contributed by atoms with E-state index >= 15 is 0 Å². The number of aromatic nitrogens is 1. The van der Waals surface area contributed by atoms with Crippen molar-refractivity contribution in [1.82, 2.24) is 4.98 Å². The van der Waals surface area contributed by atoms with E-state index in [4.69, 9.17) is 4.74 Å². The Kier molecular flexibility index (Phi) is 8.29. The fourth-order valence-corrected chi connectivity index (χ4v) is 2.12. The molecule has 0 amide bonds. The SMILES string of the molecule is C=CCCC(/C=C\C(C)(C)OC)=C/CC(=O)C(C)c1ccc(O)cn1. The maximum absolute atomic E-state index is 12.4. The molecular weight excluding hydrogens is 314 g/mol. The molecule has 1 aromatic heterocycles. The zero-order chi connectivity index (χ0) is 18.9.